The maximum atomic E-state index is 12.5. The summed E-state index contributed by atoms with van der Waals surface area (Å²) in [6.07, 6.45) is 4.36. The maximum Gasteiger partial charge on any atom is 0.387 e. The molecule has 2 aromatic rings. The van der Waals surface area contributed by atoms with Crippen LogP contribution in [0.1, 0.15) is 18.2 Å². The van der Waals surface area contributed by atoms with Crippen LogP contribution >= 0.6 is 0 Å². The number of furan rings is 1. The summed E-state index contributed by atoms with van der Waals surface area (Å²) in [5.74, 6) is -0.496. The predicted molar refractivity (Wildman–Crippen MR) is 88.8 cm³/mol. The van der Waals surface area contributed by atoms with Crippen LogP contribution in [0.2, 0.25) is 0 Å². The lowest BCUT2D eigenvalue weighted by Crippen LogP contribution is -2.32. The van der Waals surface area contributed by atoms with Gasteiger partial charge in [0, 0.05) is 30.2 Å². The van der Waals surface area contributed by atoms with E-state index in [9.17, 15) is 22.4 Å². The van der Waals surface area contributed by atoms with Gasteiger partial charge >= 0.3 is 13.2 Å². The SMILES string of the molecule is CC(Cc1ccco1)NC(=O)/C=C/c1ccc(OC(F)F)cc1OC(F)F. The van der Waals surface area contributed by atoms with Crippen LogP contribution < -0.4 is 14.8 Å². The van der Waals surface area contributed by atoms with Crippen LogP contribution in [0.5, 0.6) is 11.5 Å². The smallest absolute Gasteiger partial charge is 0.387 e. The van der Waals surface area contributed by atoms with Gasteiger partial charge in [0.1, 0.15) is 17.3 Å². The molecular weight excluding hydrogens is 370 g/mol. The van der Waals surface area contributed by atoms with E-state index in [0.717, 1.165) is 18.2 Å². The summed E-state index contributed by atoms with van der Waals surface area (Å²) in [4.78, 5) is 12.0. The number of amides is 1. The van der Waals surface area contributed by atoms with Crippen LogP contribution in [-0.4, -0.2) is 25.2 Å². The molecule has 1 aromatic carbocycles. The lowest BCUT2D eigenvalue weighted by atomic mass is 10.1. The first-order valence-electron chi connectivity index (χ1n) is 7.88. The molecule has 1 heterocycles. The molecule has 1 N–H and O–H groups in total. The first-order valence-corrected chi connectivity index (χ1v) is 7.88. The molecule has 1 amide bonds. The van der Waals surface area contributed by atoms with Gasteiger partial charge in [-0.1, -0.05) is 0 Å². The molecule has 1 aromatic heterocycles. The van der Waals surface area contributed by atoms with Crippen molar-refractivity contribution in [2.75, 3.05) is 0 Å². The minimum atomic E-state index is -3.17. The van der Waals surface area contributed by atoms with E-state index in [1.807, 2.05) is 0 Å². The highest BCUT2D eigenvalue weighted by Gasteiger charge is 2.13. The number of halogens is 4. The Morgan fingerprint density at radius 1 is 1.19 bits per heavy atom. The lowest BCUT2D eigenvalue weighted by molar-refractivity contribution is -0.117. The molecule has 27 heavy (non-hydrogen) atoms. The van der Waals surface area contributed by atoms with Crippen molar-refractivity contribution in [2.45, 2.75) is 32.6 Å². The summed E-state index contributed by atoms with van der Waals surface area (Å²) in [5, 5.41) is 2.69. The molecule has 0 aliphatic heterocycles. The summed E-state index contributed by atoms with van der Waals surface area (Å²) in [6, 6.07) is 6.56. The van der Waals surface area contributed by atoms with Crippen molar-refractivity contribution in [1.82, 2.24) is 5.32 Å². The van der Waals surface area contributed by atoms with Gasteiger partial charge in [-0.05, 0) is 37.3 Å². The molecule has 0 bridgehead atoms. The van der Waals surface area contributed by atoms with Gasteiger partial charge in [0.2, 0.25) is 5.91 Å². The van der Waals surface area contributed by atoms with Gasteiger partial charge in [0.15, 0.2) is 0 Å². The first kappa shape index (κ1) is 20.3. The molecule has 0 aliphatic carbocycles. The average molecular weight is 387 g/mol. The standard InChI is InChI=1S/C18H17F4NO4/c1-11(9-13-3-2-8-25-13)23-16(24)7-5-12-4-6-14(26-17(19)20)10-15(12)27-18(21)22/h2-8,10-11,17-18H,9H2,1H3,(H,23,24)/b7-5+. The van der Waals surface area contributed by atoms with Crippen molar-refractivity contribution in [3.8, 4) is 11.5 Å². The van der Waals surface area contributed by atoms with Crippen LogP contribution in [0.25, 0.3) is 6.08 Å². The number of carbonyl (C=O) groups excluding carboxylic acids is 1. The third kappa shape index (κ3) is 7.04. The van der Waals surface area contributed by atoms with Crippen LogP contribution in [-0.2, 0) is 11.2 Å². The first-order chi connectivity index (χ1) is 12.8. The second-order valence-corrected chi connectivity index (χ2v) is 5.48. The number of ether oxygens (including phenoxy) is 2. The van der Waals surface area contributed by atoms with E-state index in [4.69, 9.17) is 4.42 Å². The van der Waals surface area contributed by atoms with Crippen molar-refractivity contribution in [1.29, 1.82) is 0 Å². The highest BCUT2D eigenvalue weighted by atomic mass is 19.3. The second-order valence-electron chi connectivity index (χ2n) is 5.48. The Balaban J connectivity index is 2.03. The Morgan fingerprint density at radius 3 is 2.56 bits per heavy atom. The molecule has 0 saturated carbocycles. The molecule has 2 rings (SSSR count). The van der Waals surface area contributed by atoms with E-state index >= 15 is 0 Å². The fourth-order valence-electron chi connectivity index (χ4n) is 2.26. The van der Waals surface area contributed by atoms with E-state index in [2.05, 4.69) is 14.8 Å². The van der Waals surface area contributed by atoms with E-state index in [-0.39, 0.29) is 17.4 Å². The van der Waals surface area contributed by atoms with Crippen LogP contribution in [0.3, 0.4) is 0 Å². The summed E-state index contributed by atoms with van der Waals surface area (Å²) in [5.41, 5.74) is 0.103. The number of nitrogens with one attached hydrogen (secondary N) is 1. The van der Waals surface area contributed by atoms with Crippen molar-refractivity contribution >= 4 is 12.0 Å². The fraction of sp³-hybridized carbons (Fsp3) is 0.278. The molecule has 5 nitrogen and oxygen atoms in total. The summed E-state index contributed by atoms with van der Waals surface area (Å²) in [6.45, 7) is -4.50. The van der Waals surface area contributed by atoms with Crippen molar-refractivity contribution in [2.24, 2.45) is 0 Å². The quantitative estimate of drug-likeness (QED) is 0.516. The van der Waals surface area contributed by atoms with Crippen molar-refractivity contribution < 1.29 is 36.2 Å². The van der Waals surface area contributed by atoms with Gasteiger partial charge in [-0.3, -0.25) is 4.79 Å². The van der Waals surface area contributed by atoms with Crippen LogP contribution in [0, 0.1) is 0 Å². The highest BCUT2D eigenvalue weighted by molar-refractivity contribution is 5.92. The largest absolute Gasteiger partial charge is 0.469 e. The van der Waals surface area contributed by atoms with E-state index < -0.39 is 24.9 Å². The number of hydrogen-bond acceptors (Lipinski definition) is 4. The number of alkyl halides is 4. The average Bonchev–Trinajstić information content (AvgIpc) is 3.05. The zero-order chi connectivity index (χ0) is 19.8. The van der Waals surface area contributed by atoms with Crippen LogP contribution in [0.15, 0.2) is 47.1 Å². The summed E-state index contributed by atoms with van der Waals surface area (Å²) < 4.78 is 63.2. The molecule has 0 saturated heterocycles. The predicted octanol–water partition coefficient (Wildman–Crippen LogP) is 4.24. The van der Waals surface area contributed by atoms with E-state index in [1.54, 1.807) is 19.1 Å². The Bertz CT molecular complexity index is 763. The molecule has 0 spiro atoms. The van der Waals surface area contributed by atoms with Gasteiger partial charge in [0.05, 0.1) is 6.26 Å². The number of carbonyl (C=O) groups is 1. The second kappa shape index (κ2) is 9.65. The molecular formula is C18H17F4NO4. The maximum absolute atomic E-state index is 12.5. The monoisotopic (exact) mass is 387 g/mol. The Kier molecular flexibility index (Phi) is 7.27. The molecule has 1 unspecified atom stereocenters. The van der Waals surface area contributed by atoms with Gasteiger partial charge in [-0.25, -0.2) is 0 Å². The van der Waals surface area contributed by atoms with E-state index in [1.165, 1.54) is 18.4 Å². The van der Waals surface area contributed by atoms with E-state index in [0.29, 0.717) is 12.2 Å². The van der Waals surface area contributed by atoms with Gasteiger partial charge in [-0.2, -0.15) is 17.6 Å². The zero-order valence-corrected chi connectivity index (χ0v) is 14.2. The fourth-order valence-corrected chi connectivity index (χ4v) is 2.26. The summed E-state index contributed by atoms with van der Waals surface area (Å²) >= 11 is 0. The third-order valence-electron chi connectivity index (χ3n) is 3.32. The topological polar surface area (TPSA) is 60.7 Å². The highest BCUT2D eigenvalue weighted by Crippen LogP contribution is 2.28. The Morgan fingerprint density at radius 2 is 1.93 bits per heavy atom. The Hall–Kier alpha value is -2.97. The van der Waals surface area contributed by atoms with Gasteiger partial charge < -0.3 is 19.2 Å². The summed E-state index contributed by atoms with van der Waals surface area (Å²) in [7, 11) is 0. The molecule has 1 atom stereocenters. The molecule has 0 radical (unpaired) electrons. The number of rotatable bonds is 9. The van der Waals surface area contributed by atoms with Crippen molar-refractivity contribution in [3.05, 3.63) is 54.0 Å². The molecule has 0 fully saturated rings. The van der Waals surface area contributed by atoms with Crippen LogP contribution in [0.4, 0.5) is 17.6 Å². The van der Waals surface area contributed by atoms with Gasteiger partial charge in [-0.15, -0.1) is 0 Å². The zero-order valence-electron chi connectivity index (χ0n) is 14.2. The van der Waals surface area contributed by atoms with Gasteiger partial charge in [0.25, 0.3) is 0 Å². The minimum Gasteiger partial charge on any atom is -0.469 e. The molecule has 9 heteroatoms. The number of benzene rings is 1. The third-order valence-corrected chi connectivity index (χ3v) is 3.32. The number of hydrogen-bond donors (Lipinski definition) is 1. The normalized spacial score (nSPS) is 12.6. The lowest BCUT2D eigenvalue weighted by Gasteiger charge is -2.12. The minimum absolute atomic E-state index is 0.103. The molecule has 0 aliphatic rings. The molecule has 146 valence electrons. The Labute approximate surface area is 152 Å². The van der Waals surface area contributed by atoms with Crippen molar-refractivity contribution in [3.63, 3.8) is 0 Å².